The van der Waals surface area contributed by atoms with Crippen molar-refractivity contribution in [3.8, 4) is 0 Å². The molecule has 0 aliphatic rings. The standard InChI is InChI=1S/C16H27NO2S/c1-5-19-16(18)9-7-6-8-10-17-13(3)15-11-12(2)20-14(15)4/h11,13,17H,5-10H2,1-4H3. The van der Waals surface area contributed by atoms with Crippen molar-refractivity contribution in [3.63, 3.8) is 0 Å². The zero-order chi connectivity index (χ0) is 15.0. The third-order valence-electron chi connectivity index (χ3n) is 3.36. The summed E-state index contributed by atoms with van der Waals surface area (Å²) in [5.41, 5.74) is 1.42. The molecule has 0 bridgehead atoms. The third-order valence-corrected chi connectivity index (χ3v) is 4.34. The van der Waals surface area contributed by atoms with Crippen LogP contribution < -0.4 is 5.32 Å². The van der Waals surface area contributed by atoms with Crippen LogP contribution in [0.25, 0.3) is 0 Å². The molecule has 1 aromatic heterocycles. The lowest BCUT2D eigenvalue weighted by Crippen LogP contribution is -2.20. The number of hydrogen-bond acceptors (Lipinski definition) is 4. The molecule has 1 N–H and O–H groups in total. The van der Waals surface area contributed by atoms with Crippen molar-refractivity contribution in [2.75, 3.05) is 13.2 Å². The Morgan fingerprint density at radius 3 is 2.70 bits per heavy atom. The summed E-state index contributed by atoms with van der Waals surface area (Å²) in [5.74, 6) is -0.0711. The molecule has 0 radical (unpaired) electrons. The minimum atomic E-state index is -0.0711. The van der Waals surface area contributed by atoms with Crippen molar-refractivity contribution in [2.24, 2.45) is 0 Å². The molecule has 1 heterocycles. The number of nitrogens with one attached hydrogen (secondary N) is 1. The van der Waals surface area contributed by atoms with Crippen LogP contribution in [0.3, 0.4) is 0 Å². The lowest BCUT2D eigenvalue weighted by atomic mass is 10.1. The molecule has 0 saturated heterocycles. The molecule has 0 aliphatic heterocycles. The fourth-order valence-corrected chi connectivity index (χ4v) is 3.34. The number of esters is 1. The molecule has 0 saturated carbocycles. The SMILES string of the molecule is CCOC(=O)CCCCCNC(C)c1cc(C)sc1C. The van der Waals surface area contributed by atoms with Gasteiger partial charge in [-0.05, 0) is 58.7 Å². The molecule has 1 aromatic rings. The van der Waals surface area contributed by atoms with Crippen molar-refractivity contribution in [1.29, 1.82) is 0 Å². The number of aryl methyl sites for hydroxylation is 2. The second-order valence-corrected chi connectivity index (χ2v) is 6.62. The van der Waals surface area contributed by atoms with Gasteiger partial charge in [0, 0.05) is 22.2 Å². The maximum Gasteiger partial charge on any atom is 0.305 e. The molecular formula is C16H27NO2S. The molecule has 1 rings (SSSR count). The molecule has 1 unspecified atom stereocenters. The summed E-state index contributed by atoms with van der Waals surface area (Å²) in [6.45, 7) is 9.88. The molecule has 1 atom stereocenters. The van der Waals surface area contributed by atoms with E-state index in [0.717, 1.165) is 25.8 Å². The number of hydrogen-bond donors (Lipinski definition) is 1. The largest absolute Gasteiger partial charge is 0.466 e. The highest BCUT2D eigenvalue weighted by Gasteiger charge is 2.10. The Hall–Kier alpha value is -0.870. The van der Waals surface area contributed by atoms with Gasteiger partial charge >= 0.3 is 5.97 Å². The second kappa shape index (κ2) is 9.14. The molecule has 0 amide bonds. The van der Waals surface area contributed by atoms with Gasteiger partial charge in [0.05, 0.1) is 6.61 Å². The summed E-state index contributed by atoms with van der Waals surface area (Å²) in [5, 5.41) is 3.56. The molecule has 114 valence electrons. The number of ether oxygens (including phenoxy) is 1. The van der Waals surface area contributed by atoms with E-state index in [2.05, 4.69) is 32.2 Å². The first-order valence-corrected chi connectivity index (χ1v) is 8.32. The monoisotopic (exact) mass is 297 g/mol. The predicted octanol–water partition coefficient (Wildman–Crippen LogP) is 4.14. The van der Waals surface area contributed by atoms with E-state index in [9.17, 15) is 4.79 Å². The zero-order valence-electron chi connectivity index (χ0n) is 13.1. The van der Waals surface area contributed by atoms with Crippen LogP contribution in [0.2, 0.25) is 0 Å². The lowest BCUT2D eigenvalue weighted by molar-refractivity contribution is -0.143. The first-order valence-electron chi connectivity index (χ1n) is 7.50. The first-order chi connectivity index (χ1) is 9.54. The van der Waals surface area contributed by atoms with Gasteiger partial charge < -0.3 is 10.1 Å². The number of thiophene rings is 1. The lowest BCUT2D eigenvalue weighted by Gasteiger charge is -2.13. The van der Waals surface area contributed by atoms with Gasteiger partial charge in [0.25, 0.3) is 0 Å². The van der Waals surface area contributed by atoms with Crippen LogP contribution >= 0.6 is 11.3 Å². The van der Waals surface area contributed by atoms with E-state index in [1.165, 1.54) is 15.3 Å². The topological polar surface area (TPSA) is 38.3 Å². The van der Waals surface area contributed by atoms with Crippen molar-refractivity contribution in [3.05, 3.63) is 21.4 Å². The van der Waals surface area contributed by atoms with E-state index in [1.54, 1.807) is 0 Å². The molecule has 0 fully saturated rings. The Kier molecular flexibility index (Phi) is 7.85. The van der Waals surface area contributed by atoms with E-state index in [1.807, 2.05) is 18.3 Å². The van der Waals surface area contributed by atoms with Crippen LogP contribution in [0.1, 0.15) is 60.9 Å². The molecule has 0 spiro atoms. The normalized spacial score (nSPS) is 12.4. The highest BCUT2D eigenvalue weighted by Crippen LogP contribution is 2.26. The van der Waals surface area contributed by atoms with Crippen molar-refractivity contribution >= 4 is 17.3 Å². The quantitative estimate of drug-likeness (QED) is 0.550. The summed E-state index contributed by atoms with van der Waals surface area (Å²) < 4.78 is 4.91. The summed E-state index contributed by atoms with van der Waals surface area (Å²) in [6.07, 6.45) is 3.64. The van der Waals surface area contributed by atoms with Gasteiger partial charge in [-0.1, -0.05) is 6.42 Å². The van der Waals surface area contributed by atoms with E-state index in [-0.39, 0.29) is 5.97 Å². The van der Waals surface area contributed by atoms with Crippen molar-refractivity contribution < 1.29 is 9.53 Å². The fraction of sp³-hybridized carbons (Fsp3) is 0.688. The molecule has 20 heavy (non-hydrogen) atoms. The van der Waals surface area contributed by atoms with Crippen LogP contribution in [-0.2, 0) is 9.53 Å². The zero-order valence-corrected chi connectivity index (χ0v) is 13.9. The maximum atomic E-state index is 11.2. The van der Waals surface area contributed by atoms with Gasteiger partial charge in [-0.15, -0.1) is 11.3 Å². The fourth-order valence-electron chi connectivity index (χ4n) is 2.31. The number of unbranched alkanes of at least 4 members (excludes halogenated alkanes) is 2. The smallest absolute Gasteiger partial charge is 0.305 e. The summed E-state index contributed by atoms with van der Waals surface area (Å²) in [6, 6.07) is 2.68. The van der Waals surface area contributed by atoms with Gasteiger partial charge in [-0.25, -0.2) is 0 Å². The minimum Gasteiger partial charge on any atom is -0.466 e. The summed E-state index contributed by atoms with van der Waals surface area (Å²) in [4.78, 5) is 14.0. The maximum absolute atomic E-state index is 11.2. The average molecular weight is 297 g/mol. The highest BCUT2D eigenvalue weighted by molar-refractivity contribution is 7.12. The van der Waals surface area contributed by atoms with Crippen LogP contribution in [-0.4, -0.2) is 19.1 Å². The van der Waals surface area contributed by atoms with Crippen LogP contribution in [0.4, 0.5) is 0 Å². The van der Waals surface area contributed by atoms with Crippen molar-refractivity contribution in [2.45, 2.75) is 59.4 Å². The van der Waals surface area contributed by atoms with Gasteiger partial charge in [0.15, 0.2) is 0 Å². The van der Waals surface area contributed by atoms with Crippen LogP contribution in [0, 0.1) is 13.8 Å². The van der Waals surface area contributed by atoms with Crippen LogP contribution in [0.5, 0.6) is 0 Å². The summed E-state index contributed by atoms with van der Waals surface area (Å²) in [7, 11) is 0. The van der Waals surface area contributed by atoms with E-state index < -0.39 is 0 Å². The van der Waals surface area contributed by atoms with Gasteiger partial charge in [0.1, 0.15) is 0 Å². The highest BCUT2D eigenvalue weighted by atomic mass is 32.1. The van der Waals surface area contributed by atoms with E-state index in [0.29, 0.717) is 19.1 Å². The van der Waals surface area contributed by atoms with Gasteiger partial charge in [-0.2, -0.15) is 0 Å². The Morgan fingerprint density at radius 2 is 2.10 bits per heavy atom. The summed E-state index contributed by atoms with van der Waals surface area (Å²) >= 11 is 1.86. The van der Waals surface area contributed by atoms with Crippen molar-refractivity contribution in [1.82, 2.24) is 5.32 Å². The Labute approximate surface area is 126 Å². The molecular weight excluding hydrogens is 270 g/mol. The Bertz CT molecular complexity index is 415. The van der Waals surface area contributed by atoms with E-state index >= 15 is 0 Å². The van der Waals surface area contributed by atoms with E-state index in [4.69, 9.17) is 4.74 Å². The Balaban J connectivity index is 2.12. The first kappa shape index (κ1) is 17.2. The van der Waals surface area contributed by atoms with Gasteiger partial charge in [0.2, 0.25) is 0 Å². The van der Waals surface area contributed by atoms with Crippen LogP contribution in [0.15, 0.2) is 6.07 Å². The number of rotatable bonds is 9. The minimum absolute atomic E-state index is 0.0711. The molecule has 4 heteroatoms. The third kappa shape index (κ3) is 6.06. The predicted molar refractivity (Wildman–Crippen MR) is 85.3 cm³/mol. The number of carbonyl (C=O) groups excluding carboxylic acids is 1. The Morgan fingerprint density at radius 1 is 1.35 bits per heavy atom. The molecule has 0 aliphatic carbocycles. The molecule has 0 aromatic carbocycles. The molecule has 3 nitrogen and oxygen atoms in total. The van der Waals surface area contributed by atoms with Gasteiger partial charge in [-0.3, -0.25) is 4.79 Å². The average Bonchev–Trinajstić information content (AvgIpc) is 2.73. The second-order valence-electron chi connectivity index (χ2n) is 5.16. The number of carbonyl (C=O) groups is 1.